The summed E-state index contributed by atoms with van der Waals surface area (Å²) in [6.07, 6.45) is 9.27. The van der Waals surface area contributed by atoms with Gasteiger partial charge in [0.05, 0.1) is 13.7 Å². The van der Waals surface area contributed by atoms with Crippen LogP contribution in [0.4, 0.5) is 0 Å². The number of phenolic OH excluding ortho intramolecular Hbond substituents is 1. The fourth-order valence-corrected chi connectivity index (χ4v) is 3.97. The molecule has 2 aliphatic heterocycles. The van der Waals surface area contributed by atoms with Crippen molar-refractivity contribution >= 4 is 12.0 Å². The van der Waals surface area contributed by atoms with Gasteiger partial charge in [-0.25, -0.2) is 4.79 Å². The van der Waals surface area contributed by atoms with Crippen molar-refractivity contribution in [2.24, 2.45) is 5.92 Å². The van der Waals surface area contributed by atoms with E-state index in [0.29, 0.717) is 24.3 Å². The number of piperidine rings is 2. The monoisotopic (exact) mass is 345 g/mol. The lowest BCUT2D eigenvalue weighted by Crippen LogP contribution is -2.49. The fraction of sp³-hybridized carbons (Fsp3) is 0.550. The van der Waals surface area contributed by atoms with Crippen LogP contribution in [0.25, 0.3) is 6.08 Å². The maximum absolute atomic E-state index is 12.0. The number of fused-ring (bicyclic) bond motifs is 1. The van der Waals surface area contributed by atoms with Gasteiger partial charge in [-0.15, -0.1) is 0 Å². The van der Waals surface area contributed by atoms with Gasteiger partial charge in [-0.1, -0.05) is 12.5 Å². The van der Waals surface area contributed by atoms with E-state index >= 15 is 0 Å². The van der Waals surface area contributed by atoms with E-state index in [1.54, 1.807) is 24.3 Å². The molecule has 25 heavy (non-hydrogen) atoms. The molecule has 3 rings (SSSR count). The number of methoxy groups -OCH3 is 1. The molecule has 136 valence electrons. The van der Waals surface area contributed by atoms with Crippen molar-refractivity contribution < 1.29 is 19.4 Å². The third-order valence-corrected chi connectivity index (χ3v) is 5.28. The lowest BCUT2D eigenvalue weighted by molar-refractivity contribution is -0.140. The van der Waals surface area contributed by atoms with Crippen LogP contribution in [0.1, 0.15) is 37.7 Å². The second-order valence-corrected chi connectivity index (χ2v) is 6.90. The van der Waals surface area contributed by atoms with E-state index in [1.807, 2.05) is 0 Å². The first kappa shape index (κ1) is 17.8. The van der Waals surface area contributed by atoms with Crippen molar-refractivity contribution in [1.29, 1.82) is 0 Å². The van der Waals surface area contributed by atoms with E-state index in [4.69, 9.17) is 9.47 Å². The zero-order valence-electron chi connectivity index (χ0n) is 14.8. The van der Waals surface area contributed by atoms with Gasteiger partial charge in [-0.2, -0.15) is 0 Å². The second-order valence-electron chi connectivity index (χ2n) is 6.90. The summed E-state index contributed by atoms with van der Waals surface area (Å²) < 4.78 is 10.6. The average Bonchev–Trinajstić information content (AvgIpc) is 2.65. The molecule has 1 aromatic rings. The van der Waals surface area contributed by atoms with E-state index in [0.717, 1.165) is 12.0 Å². The highest BCUT2D eigenvalue weighted by Crippen LogP contribution is 2.31. The molecule has 1 aromatic carbocycles. The van der Waals surface area contributed by atoms with Gasteiger partial charge >= 0.3 is 5.97 Å². The first-order valence-corrected chi connectivity index (χ1v) is 9.13. The highest BCUT2D eigenvalue weighted by Gasteiger charge is 2.33. The number of phenols is 1. The van der Waals surface area contributed by atoms with E-state index in [1.165, 1.54) is 52.0 Å². The number of hydrogen-bond donors (Lipinski definition) is 1. The van der Waals surface area contributed by atoms with Gasteiger partial charge in [0, 0.05) is 18.0 Å². The first-order valence-electron chi connectivity index (χ1n) is 9.13. The van der Waals surface area contributed by atoms with Gasteiger partial charge < -0.3 is 14.6 Å². The van der Waals surface area contributed by atoms with E-state index in [-0.39, 0.29) is 11.7 Å². The number of esters is 1. The molecule has 2 fully saturated rings. The first-order chi connectivity index (χ1) is 12.2. The molecule has 5 heteroatoms. The number of carbonyl (C=O) groups excluding carboxylic acids is 1. The summed E-state index contributed by atoms with van der Waals surface area (Å²) >= 11 is 0. The molecular formula is C20H27NO4. The zero-order chi connectivity index (χ0) is 17.6. The second kappa shape index (κ2) is 8.39. The molecule has 0 bridgehead atoms. The lowest BCUT2D eigenvalue weighted by Gasteiger charge is -2.44. The molecule has 0 aliphatic carbocycles. The molecule has 0 saturated carbocycles. The normalized spacial score (nSPS) is 24.0. The topological polar surface area (TPSA) is 59.0 Å². The molecule has 2 atom stereocenters. The van der Waals surface area contributed by atoms with Gasteiger partial charge in [0.2, 0.25) is 0 Å². The number of hydrogen-bond acceptors (Lipinski definition) is 5. The number of ether oxygens (including phenoxy) is 2. The highest BCUT2D eigenvalue weighted by molar-refractivity contribution is 5.87. The van der Waals surface area contributed by atoms with Crippen LogP contribution in [0.2, 0.25) is 0 Å². The van der Waals surface area contributed by atoms with E-state index < -0.39 is 0 Å². The minimum atomic E-state index is -0.319. The van der Waals surface area contributed by atoms with Gasteiger partial charge in [0.1, 0.15) is 0 Å². The number of rotatable bonds is 5. The Hall–Kier alpha value is -2.01. The van der Waals surface area contributed by atoms with Crippen molar-refractivity contribution in [2.45, 2.75) is 38.1 Å². The number of nitrogens with zero attached hydrogens (tertiary/aromatic N) is 1. The van der Waals surface area contributed by atoms with Crippen LogP contribution in [0.3, 0.4) is 0 Å². The van der Waals surface area contributed by atoms with Crippen LogP contribution in [-0.2, 0) is 9.53 Å². The van der Waals surface area contributed by atoms with Crippen LogP contribution in [-0.4, -0.2) is 48.8 Å². The summed E-state index contributed by atoms with van der Waals surface area (Å²) in [5.41, 5.74) is 0.780. The van der Waals surface area contributed by atoms with E-state index in [2.05, 4.69) is 4.90 Å². The SMILES string of the molecule is COc1cc(C=CC(=O)OC[C@@H]2CCCN3CCCC[C@H]23)ccc1O. The van der Waals surface area contributed by atoms with Gasteiger partial charge in [0.25, 0.3) is 0 Å². The predicted octanol–water partition coefficient (Wildman–Crippen LogP) is 3.22. The Bertz CT molecular complexity index is 626. The van der Waals surface area contributed by atoms with Gasteiger partial charge in [0.15, 0.2) is 11.5 Å². The summed E-state index contributed by atoms with van der Waals surface area (Å²) in [6.45, 7) is 2.89. The number of benzene rings is 1. The van der Waals surface area contributed by atoms with Crippen molar-refractivity contribution in [3.8, 4) is 11.5 Å². The largest absolute Gasteiger partial charge is 0.504 e. The molecule has 0 aromatic heterocycles. The zero-order valence-corrected chi connectivity index (χ0v) is 14.8. The number of aromatic hydroxyl groups is 1. The molecule has 2 heterocycles. The van der Waals surface area contributed by atoms with Crippen LogP contribution in [0.5, 0.6) is 11.5 Å². The number of carbonyl (C=O) groups is 1. The summed E-state index contributed by atoms with van der Waals surface area (Å²) in [4.78, 5) is 14.6. The van der Waals surface area contributed by atoms with Crippen molar-refractivity contribution in [1.82, 2.24) is 4.90 Å². The molecule has 0 amide bonds. The van der Waals surface area contributed by atoms with Crippen LogP contribution >= 0.6 is 0 Å². The van der Waals surface area contributed by atoms with Crippen molar-refractivity contribution in [3.05, 3.63) is 29.8 Å². The standard InChI is InChI=1S/C20H27NO4/c1-24-19-13-15(7-9-18(19)22)8-10-20(23)25-14-16-5-4-12-21-11-3-2-6-17(16)21/h7-10,13,16-17,22H,2-6,11-12,14H2,1H3/t16-,17+/m0/s1. The molecule has 0 radical (unpaired) electrons. The summed E-state index contributed by atoms with van der Waals surface area (Å²) in [7, 11) is 1.50. The van der Waals surface area contributed by atoms with E-state index in [9.17, 15) is 9.90 Å². The summed E-state index contributed by atoms with van der Waals surface area (Å²) in [5, 5.41) is 9.59. The molecule has 2 aliphatic rings. The third-order valence-electron chi connectivity index (χ3n) is 5.28. The Labute approximate surface area is 149 Å². The Morgan fingerprint density at radius 3 is 2.96 bits per heavy atom. The van der Waals surface area contributed by atoms with Crippen molar-refractivity contribution in [3.63, 3.8) is 0 Å². The molecule has 0 spiro atoms. The maximum Gasteiger partial charge on any atom is 0.330 e. The Balaban J connectivity index is 1.52. The molecular weight excluding hydrogens is 318 g/mol. The summed E-state index contributed by atoms with van der Waals surface area (Å²) in [6, 6.07) is 5.53. The van der Waals surface area contributed by atoms with Crippen LogP contribution in [0.15, 0.2) is 24.3 Å². The predicted molar refractivity (Wildman–Crippen MR) is 96.6 cm³/mol. The molecule has 2 saturated heterocycles. The maximum atomic E-state index is 12.0. The molecule has 0 unspecified atom stereocenters. The summed E-state index contributed by atoms with van der Waals surface area (Å²) in [5.74, 6) is 0.604. The van der Waals surface area contributed by atoms with Crippen LogP contribution < -0.4 is 4.74 Å². The highest BCUT2D eigenvalue weighted by atomic mass is 16.5. The van der Waals surface area contributed by atoms with Crippen molar-refractivity contribution in [2.75, 3.05) is 26.8 Å². The lowest BCUT2D eigenvalue weighted by atomic mass is 9.84. The minimum Gasteiger partial charge on any atom is -0.504 e. The molecule has 1 N–H and O–H groups in total. The Kier molecular flexibility index (Phi) is 5.97. The van der Waals surface area contributed by atoms with Gasteiger partial charge in [-0.3, -0.25) is 4.90 Å². The molecule has 5 nitrogen and oxygen atoms in total. The van der Waals surface area contributed by atoms with Crippen LogP contribution in [0, 0.1) is 5.92 Å². The van der Waals surface area contributed by atoms with Gasteiger partial charge in [-0.05, 0) is 62.5 Å². The average molecular weight is 345 g/mol. The quantitative estimate of drug-likeness (QED) is 0.656. The fourth-order valence-electron chi connectivity index (χ4n) is 3.97. The smallest absolute Gasteiger partial charge is 0.330 e. The minimum absolute atomic E-state index is 0.0801. The Morgan fingerprint density at radius 2 is 2.12 bits per heavy atom. The third kappa shape index (κ3) is 4.54. The Morgan fingerprint density at radius 1 is 1.28 bits per heavy atom.